The van der Waals surface area contributed by atoms with Gasteiger partial charge in [-0.2, -0.15) is 9.97 Å². The Kier molecular flexibility index (Phi) is 2.86. The Labute approximate surface area is 87.4 Å². The zero-order chi connectivity index (χ0) is 10.7. The molecule has 6 nitrogen and oxygen atoms in total. The molecule has 1 aromatic heterocycles. The minimum Gasteiger partial charge on any atom is -0.481 e. The molecule has 0 amide bonds. The molecule has 82 valence electrons. The molecule has 2 heterocycles. The fourth-order valence-corrected chi connectivity index (χ4v) is 1.36. The molecule has 1 aromatic rings. The van der Waals surface area contributed by atoms with Gasteiger partial charge in [0.1, 0.15) is 6.10 Å². The molecule has 6 heteroatoms. The van der Waals surface area contributed by atoms with Crippen molar-refractivity contribution in [1.29, 1.82) is 0 Å². The zero-order valence-electron chi connectivity index (χ0n) is 8.47. The van der Waals surface area contributed by atoms with Gasteiger partial charge in [-0.25, -0.2) is 0 Å². The predicted molar refractivity (Wildman–Crippen MR) is 52.8 cm³/mol. The number of ether oxygens (including phenoxy) is 3. The van der Waals surface area contributed by atoms with Gasteiger partial charge >= 0.3 is 0 Å². The molecule has 0 aliphatic carbocycles. The molecule has 1 fully saturated rings. The summed E-state index contributed by atoms with van der Waals surface area (Å²) in [4.78, 5) is 7.81. The van der Waals surface area contributed by atoms with Crippen LogP contribution in [0.2, 0.25) is 0 Å². The van der Waals surface area contributed by atoms with Gasteiger partial charge in [-0.05, 0) is 0 Å². The largest absolute Gasteiger partial charge is 0.481 e. The minimum absolute atomic E-state index is 0.0454. The van der Waals surface area contributed by atoms with E-state index in [0.29, 0.717) is 18.4 Å². The third-order valence-electron chi connectivity index (χ3n) is 2.08. The van der Waals surface area contributed by atoms with Crippen LogP contribution in [0.15, 0.2) is 6.07 Å². The highest BCUT2D eigenvalue weighted by atomic mass is 16.5. The van der Waals surface area contributed by atoms with Gasteiger partial charge in [0.15, 0.2) is 0 Å². The number of aromatic nitrogens is 2. The van der Waals surface area contributed by atoms with Crippen molar-refractivity contribution >= 4 is 5.95 Å². The normalized spacial score (nSPS) is 20.2. The molecule has 15 heavy (non-hydrogen) atoms. The van der Waals surface area contributed by atoms with E-state index in [2.05, 4.69) is 9.97 Å². The molecular formula is C9H13N3O3. The molecule has 0 spiro atoms. The van der Waals surface area contributed by atoms with Gasteiger partial charge in [-0.3, -0.25) is 0 Å². The summed E-state index contributed by atoms with van der Waals surface area (Å²) in [5.41, 5.74) is 5.50. The van der Waals surface area contributed by atoms with Crippen LogP contribution in [0.1, 0.15) is 6.42 Å². The van der Waals surface area contributed by atoms with Crippen LogP contribution in [-0.2, 0) is 4.74 Å². The van der Waals surface area contributed by atoms with Crippen molar-refractivity contribution in [2.45, 2.75) is 12.5 Å². The summed E-state index contributed by atoms with van der Waals surface area (Å²) >= 11 is 0. The molecule has 0 aromatic carbocycles. The first-order chi connectivity index (χ1) is 7.28. The summed E-state index contributed by atoms with van der Waals surface area (Å²) in [5.74, 6) is 0.967. The quantitative estimate of drug-likeness (QED) is 0.771. The Morgan fingerprint density at radius 1 is 1.47 bits per heavy atom. The van der Waals surface area contributed by atoms with Crippen LogP contribution < -0.4 is 15.2 Å². The molecule has 2 N–H and O–H groups in total. The molecule has 1 aliphatic rings. The second kappa shape index (κ2) is 4.31. The molecule has 0 saturated carbocycles. The number of hydrogen-bond donors (Lipinski definition) is 1. The van der Waals surface area contributed by atoms with Crippen LogP contribution in [0.5, 0.6) is 11.8 Å². The smallest absolute Gasteiger partial charge is 0.226 e. The van der Waals surface area contributed by atoms with Crippen LogP contribution in [0.3, 0.4) is 0 Å². The number of nitrogens with zero attached hydrogens (tertiary/aromatic N) is 2. The molecule has 1 atom stereocenters. The number of hydrogen-bond acceptors (Lipinski definition) is 6. The number of rotatable bonds is 3. The predicted octanol–water partition coefficient (Wildman–Crippen LogP) is 0.235. The molecular weight excluding hydrogens is 198 g/mol. The van der Waals surface area contributed by atoms with E-state index in [1.807, 2.05) is 0 Å². The van der Waals surface area contributed by atoms with E-state index >= 15 is 0 Å². The van der Waals surface area contributed by atoms with Crippen molar-refractivity contribution in [2.24, 2.45) is 0 Å². The average molecular weight is 211 g/mol. The maximum atomic E-state index is 5.56. The molecule has 0 bridgehead atoms. The number of methoxy groups -OCH3 is 1. The third-order valence-corrected chi connectivity index (χ3v) is 2.08. The van der Waals surface area contributed by atoms with Gasteiger partial charge in [-0.1, -0.05) is 0 Å². The van der Waals surface area contributed by atoms with Gasteiger partial charge < -0.3 is 19.9 Å². The zero-order valence-corrected chi connectivity index (χ0v) is 8.47. The van der Waals surface area contributed by atoms with Crippen LogP contribution in [0.4, 0.5) is 5.95 Å². The maximum Gasteiger partial charge on any atom is 0.226 e. The third kappa shape index (κ3) is 2.47. The summed E-state index contributed by atoms with van der Waals surface area (Å²) in [7, 11) is 1.52. The van der Waals surface area contributed by atoms with Crippen LogP contribution in [-0.4, -0.2) is 36.4 Å². The highest BCUT2D eigenvalue weighted by Gasteiger charge is 2.18. The van der Waals surface area contributed by atoms with E-state index in [0.717, 1.165) is 13.0 Å². The summed E-state index contributed by atoms with van der Waals surface area (Å²) in [6.07, 6.45) is 0.913. The van der Waals surface area contributed by atoms with Crippen molar-refractivity contribution < 1.29 is 14.2 Å². The Balaban J connectivity index is 2.09. The van der Waals surface area contributed by atoms with E-state index < -0.39 is 0 Å². The molecule has 1 saturated heterocycles. The Hall–Kier alpha value is -1.56. The number of nitrogen functional groups attached to an aromatic ring is 1. The number of anilines is 1. The van der Waals surface area contributed by atoms with Gasteiger partial charge in [0.2, 0.25) is 17.7 Å². The summed E-state index contributed by atoms with van der Waals surface area (Å²) in [6, 6.07) is 1.61. The van der Waals surface area contributed by atoms with Crippen molar-refractivity contribution in [3.63, 3.8) is 0 Å². The lowest BCUT2D eigenvalue weighted by Gasteiger charge is -2.11. The lowest BCUT2D eigenvalue weighted by atomic mass is 10.3. The molecule has 2 rings (SSSR count). The second-order valence-electron chi connectivity index (χ2n) is 3.21. The van der Waals surface area contributed by atoms with Crippen LogP contribution >= 0.6 is 0 Å². The van der Waals surface area contributed by atoms with Crippen molar-refractivity contribution in [3.8, 4) is 11.8 Å². The molecule has 0 radical (unpaired) electrons. The first-order valence-corrected chi connectivity index (χ1v) is 4.71. The van der Waals surface area contributed by atoms with Crippen molar-refractivity contribution in [3.05, 3.63) is 6.07 Å². The Morgan fingerprint density at radius 2 is 2.27 bits per heavy atom. The van der Waals surface area contributed by atoms with E-state index in [-0.39, 0.29) is 12.1 Å². The van der Waals surface area contributed by atoms with E-state index in [4.69, 9.17) is 19.9 Å². The summed E-state index contributed by atoms with van der Waals surface area (Å²) < 4.78 is 15.7. The first-order valence-electron chi connectivity index (χ1n) is 4.71. The van der Waals surface area contributed by atoms with E-state index in [1.165, 1.54) is 7.11 Å². The van der Waals surface area contributed by atoms with Crippen molar-refractivity contribution in [2.75, 3.05) is 26.1 Å². The minimum atomic E-state index is 0.0454. The van der Waals surface area contributed by atoms with Gasteiger partial charge in [-0.15, -0.1) is 0 Å². The number of nitrogens with two attached hydrogens (primary N) is 1. The van der Waals surface area contributed by atoms with Crippen molar-refractivity contribution in [1.82, 2.24) is 9.97 Å². The van der Waals surface area contributed by atoms with E-state index in [1.54, 1.807) is 6.07 Å². The topological polar surface area (TPSA) is 79.5 Å². The lowest BCUT2D eigenvalue weighted by molar-refractivity contribution is 0.137. The monoisotopic (exact) mass is 211 g/mol. The maximum absolute atomic E-state index is 5.56. The first kappa shape index (κ1) is 9.97. The Morgan fingerprint density at radius 3 is 2.93 bits per heavy atom. The van der Waals surface area contributed by atoms with Crippen LogP contribution in [0, 0.1) is 0 Å². The van der Waals surface area contributed by atoms with Crippen LogP contribution in [0.25, 0.3) is 0 Å². The van der Waals surface area contributed by atoms with E-state index in [9.17, 15) is 0 Å². The highest BCUT2D eigenvalue weighted by Crippen LogP contribution is 2.19. The lowest BCUT2D eigenvalue weighted by Crippen LogP contribution is -2.17. The fraction of sp³-hybridized carbons (Fsp3) is 0.556. The fourth-order valence-electron chi connectivity index (χ4n) is 1.36. The standard InChI is InChI=1S/C9H13N3O3/c1-13-7-4-8(12-9(10)11-7)15-6-2-3-14-5-6/h4,6H,2-3,5H2,1H3,(H2,10,11,12)/t6-/m1/s1. The Bertz CT molecular complexity index is 339. The molecule has 1 aliphatic heterocycles. The van der Waals surface area contributed by atoms with Gasteiger partial charge in [0, 0.05) is 6.42 Å². The summed E-state index contributed by atoms with van der Waals surface area (Å²) in [5, 5.41) is 0. The SMILES string of the molecule is COc1cc(O[C@@H]2CCOC2)nc(N)n1. The van der Waals surface area contributed by atoms with Gasteiger partial charge in [0.05, 0.1) is 26.4 Å². The summed E-state index contributed by atoms with van der Waals surface area (Å²) in [6.45, 7) is 1.31. The highest BCUT2D eigenvalue weighted by molar-refractivity contribution is 5.29. The van der Waals surface area contributed by atoms with Gasteiger partial charge in [0.25, 0.3) is 0 Å². The molecule has 0 unspecified atom stereocenters. The second-order valence-corrected chi connectivity index (χ2v) is 3.21. The average Bonchev–Trinajstić information content (AvgIpc) is 2.69.